The van der Waals surface area contributed by atoms with E-state index in [-0.39, 0.29) is 5.97 Å². The highest BCUT2D eigenvalue weighted by Crippen LogP contribution is 2.17. The Hall–Kier alpha value is -1.35. The summed E-state index contributed by atoms with van der Waals surface area (Å²) in [4.78, 5) is 12.0. The van der Waals surface area contributed by atoms with Crippen molar-refractivity contribution >= 4 is 5.97 Å². The molecule has 0 saturated heterocycles. The third-order valence-electron chi connectivity index (χ3n) is 11.3. The average Bonchev–Trinajstić information content (AvgIpc) is 3.19. The van der Waals surface area contributed by atoms with E-state index in [0.717, 1.165) is 44.9 Å². The number of hydrogen-bond acceptors (Lipinski definition) is 3. The van der Waals surface area contributed by atoms with E-state index in [1.807, 2.05) is 0 Å². The maximum Gasteiger partial charge on any atom is 0.305 e. The predicted molar refractivity (Wildman–Crippen MR) is 245 cm³/mol. The Morgan fingerprint density at radius 2 is 0.655 bits per heavy atom. The summed E-state index contributed by atoms with van der Waals surface area (Å²) in [6.07, 6.45) is 68.7. The zero-order chi connectivity index (χ0) is 39.6. The second-order valence-corrected chi connectivity index (χ2v) is 16.9. The molecule has 0 aromatic carbocycles. The first-order valence-corrected chi connectivity index (χ1v) is 25.0. The molecule has 0 saturated carbocycles. The standard InChI is InChI=1S/C52H98O3/c1-2-3-4-5-6-7-8-9-28-31-34-37-40-43-46-49-52(54)55-51-48-45-42-39-36-33-30-27-25-23-21-19-17-15-13-11-10-12-14-16-18-20-22-24-26-29-32-35-38-41-44-47-50-53/h3-4,6-7,9,28,53H,2,5,8,10-27,29-51H2,1H3/b4-3-,7-6-,28-9-. The molecule has 0 fully saturated rings. The predicted octanol–water partition coefficient (Wildman–Crippen LogP) is 17.6. The number of unbranched alkanes of at least 4 members (excludes halogenated alkanes) is 36. The Kier molecular flexibility index (Phi) is 49.4. The molecule has 324 valence electrons. The Morgan fingerprint density at radius 3 is 1.02 bits per heavy atom. The molecule has 0 spiro atoms. The number of allylic oxidation sites excluding steroid dienone is 6. The van der Waals surface area contributed by atoms with Crippen LogP contribution in [0.25, 0.3) is 0 Å². The number of ether oxygens (including phenoxy) is 1. The first kappa shape index (κ1) is 53.6. The second-order valence-electron chi connectivity index (χ2n) is 16.9. The average molecular weight is 771 g/mol. The molecule has 3 heteroatoms. The van der Waals surface area contributed by atoms with Crippen molar-refractivity contribution in [2.45, 2.75) is 277 Å². The zero-order valence-electron chi connectivity index (χ0n) is 37.3. The van der Waals surface area contributed by atoms with Gasteiger partial charge in [-0.1, -0.05) is 255 Å². The van der Waals surface area contributed by atoms with Gasteiger partial charge in [-0.2, -0.15) is 0 Å². The molecule has 0 aromatic rings. The summed E-state index contributed by atoms with van der Waals surface area (Å²) in [5, 5.41) is 8.82. The summed E-state index contributed by atoms with van der Waals surface area (Å²) in [7, 11) is 0. The van der Waals surface area contributed by atoms with Crippen molar-refractivity contribution < 1.29 is 14.6 Å². The van der Waals surface area contributed by atoms with E-state index in [1.54, 1.807) is 0 Å². The lowest BCUT2D eigenvalue weighted by molar-refractivity contribution is -0.143. The lowest BCUT2D eigenvalue weighted by atomic mass is 10.0. The largest absolute Gasteiger partial charge is 0.466 e. The molecule has 0 radical (unpaired) electrons. The van der Waals surface area contributed by atoms with E-state index in [4.69, 9.17) is 9.84 Å². The van der Waals surface area contributed by atoms with Crippen LogP contribution in [-0.4, -0.2) is 24.3 Å². The zero-order valence-corrected chi connectivity index (χ0v) is 37.3. The highest BCUT2D eigenvalue weighted by Gasteiger charge is 2.03. The minimum absolute atomic E-state index is 0.00825. The summed E-state index contributed by atoms with van der Waals surface area (Å²) in [6, 6.07) is 0. The van der Waals surface area contributed by atoms with Crippen molar-refractivity contribution in [3.63, 3.8) is 0 Å². The van der Waals surface area contributed by atoms with E-state index < -0.39 is 0 Å². The molecule has 0 aromatic heterocycles. The van der Waals surface area contributed by atoms with Gasteiger partial charge in [-0.25, -0.2) is 0 Å². The Labute approximate surface area is 345 Å². The first-order chi connectivity index (χ1) is 27.3. The molecule has 0 aliphatic carbocycles. The molecule has 0 aliphatic rings. The summed E-state index contributed by atoms with van der Waals surface area (Å²) < 4.78 is 5.47. The smallest absolute Gasteiger partial charge is 0.305 e. The van der Waals surface area contributed by atoms with Gasteiger partial charge in [0.15, 0.2) is 0 Å². The van der Waals surface area contributed by atoms with Crippen molar-refractivity contribution in [3.05, 3.63) is 36.5 Å². The molecule has 0 heterocycles. The lowest BCUT2D eigenvalue weighted by Crippen LogP contribution is -2.05. The Morgan fingerprint density at radius 1 is 0.364 bits per heavy atom. The number of aliphatic hydroxyl groups excluding tert-OH is 1. The van der Waals surface area contributed by atoms with Crippen molar-refractivity contribution in [3.8, 4) is 0 Å². The molecule has 0 unspecified atom stereocenters. The fraction of sp³-hybridized carbons (Fsp3) is 0.865. The van der Waals surface area contributed by atoms with Crippen molar-refractivity contribution in [2.75, 3.05) is 13.2 Å². The minimum atomic E-state index is 0.00825. The summed E-state index contributed by atoms with van der Waals surface area (Å²) in [6.45, 7) is 3.15. The minimum Gasteiger partial charge on any atom is -0.466 e. The summed E-state index contributed by atoms with van der Waals surface area (Å²) >= 11 is 0. The van der Waals surface area contributed by atoms with E-state index >= 15 is 0 Å². The molecule has 0 aliphatic heterocycles. The Bertz CT molecular complexity index is 799. The Balaban J connectivity index is 3.17. The van der Waals surface area contributed by atoms with Gasteiger partial charge in [-0.05, 0) is 51.4 Å². The molecular formula is C52H98O3. The van der Waals surface area contributed by atoms with Crippen LogP contribution in [0.1, 0.15) is 277 Å². The van der Waals surface area contributed by atoms with Crippen LogP contribution in [0, 0.1) is 0 Å². The summed E-state index contributed by atoms with van der Waals surface area (Å²) in [5.41, 5.74) is 0. The number of hydrogen-bond donors (Lipinski definition) is 1. The van der Waals surface area contributed by atoms with Crippen LogP contribution in [0.2, 0.25) is 0 Å². The number of aliphatic hydroxyl groups is 1. The topological polar surface area (TPSA) is 46.5 Å². The molecule has 0 atom stereocenters. The van der Waals surface area contributed by atoms with Gasteiger partial charge in [0.25, 0.3) is 0 Å². The number of carbonyl (C=O) groups excluding carboxylic acids is 1. The molecule has 55 heavy (non-hydrogen) atoms. The molecular weight excluding hydrogens is 673 g/mol. The van der Waals surface area contributed by atoms with Gasteiger partial charge in [0.2, 0.25) is 0 Å². The number of carbonyl (C=O) groups is 1. The van der Waals surface area contributed by atoms with Gasteiger partial charge in [0, 0.05) is 13.0 Å². The monoisotopic (exact) mass is 771 g/mol. The van der Waals surface area contributed by atoms with Crippen LogP contribution in [-0.2, 0) is 9.53 Å². The summed E-state index contributed by atoms with van der Waals surface area (Å²) in [5.74, 6) is 0.00825. The molecule has 3 nitrogen and oxygen atoms in total. The molecule has 0 rings (SSSR count). The van der Waals surface area contributed by atoms with E-state index in [1.165, 1.54) is 218 Å². The van der Waals surface area contributed by atoms with E-state index in [0.29, 0.717) is 19.6 Å². The van der Waals surface area contributed by atoms with Crippen molar-refractivity contribution in [2.24, 2.45) is 0 Å². The highest BCUT2D eigenvalue weighted by molar-refractivity contribution is 5.69. The third kappa shape index (κ3) is 50.6. The fourth-order valence-corrected chi connectivity index (χ4v) is 7.66. The van der Waals surface area contributed by atoms with E-state index in [9.17, 15) is 4.79 Å². The van der Waals surface area contributed by atoms with Crippen molar-refractivity contribution in [1.82, 2.24) is 0 Å². The maximum atomic E-state index is 12.0. The van der Waals surface area contributed by atoms with Crippen molar-refractivity contribution in [1.29, 1.82) is 0 Å². The maximum absolute atomic E-state index is 12.0. The normalized spacial score (nSPS) is 12.0. The lowest BCUT2D eigenvalue weighted by Gasteiger charge is -2.06. The van der Waals surface area contributed by atoms with Gasteiger partial charge in [0.05, 0.1) is 6.61 Å². The van der Waals surface area contributed by atoms with Crippen LogP contribution in [0.5, 0.6) is 0 Å². The van der Waals surface area contributed by atoms with Crippen LogP contribution in [0.3, 0.4) is 0 Å². The third-order valence-corrected chi connectivity index (χ3v) is 11.3. The first-order valence-electron chi connectivity index (χ1n) is 25.0. The van der Waals surface area contributed by atoms with Gasteiger partial charge >= 0.3 is 5.97 Å². The SMILES string of the molecule is CC/C=C\C/C=C\C/C=C\CCCCCCCC(=O)OCCCCCCCCCCCCCCCCCCCCCCCCCCCCCCCCCCO. The van der Waals surface area contributed by atoms with Crippen LogP contribution >= 0.6 is 0 Å². The molecule has 1 N–H and O–H groups in total. The van der Waals surface area contributed by atoms with E-state index in [2.05, 4.69) is 43.4 Å². The number of rotatable bonds is 47. The number of esters is 1. The van der Waals surface area contributed by atoms with Crippen LogP contribution in [0.15, 0.2) is 36.5 Å². The fourth-order valence-electron chi connectivity index (χ4n) is 7.66. The van der Waals surface area contributed by atoms with Crippen LogP contribution in [0.4, 0.5) is 0 Å². The van der Waals surface area contributed by atoms with Gasteiger partial charge in [0.1, 0.15) is 0 Å². The van der Waals surface area contributed by atoms with Gasteiger partial charge in [-0.15, -0.1) is 0 Å². The quantitative estimate of drug-likeness (QED) is 0.0381. The van der Waals surface area contributed by atoms with Gasteiger partial charge < -0.3 is 9.84 Å². The molecule has 0 bridgehead atoms. The van der Waals surface area contributed by atoms with Crippen LogP contribution < -0.4 is 0 Å². The highest BCUT2D eigenvalue weighted by atomic mass is 16.5. The molecule has 0 amide bonds. The second kappa shape index (κ2) is 50.7. The van der Waals surface area contributed by atoms with Gasteiger partial charge in [-0.3, -0.25) is 4.79 Å².